The van der Waals surface area contributed by atoms with Crippen LogP contribution in [0.5, 0.6) is 11.5 Å². The Balaban J connectivity index is 1.95. The first-order chi connectivity index (χ1) is 15.7. The molecule has 0 bridgehead atoms. The number of rotatable bonds is 13. The highest BCUT2D eigenvalue weighted by atomic mass is 16.5. The summed E-state index contributed by atoms with van der Waals surface area (Å²) in [6.45, 7) is 7.54. The molecular formula is C26H34N2O4. The Morgan fingerprint density at radius 3 is 2.44 bits per heavy atom. The summed E-state index contributed by atoms with van der Waals surface area (Å²) in [7, 11) is 3.41. The van der Waals surface area contributed by atoms with Gasteiger partial charge in [-0.05, 0) is 37.1 Å². The molecule has 0 saturated heterocycles. The fourth-order valence-corrected chi connectivity index (χ4v) is 3.63. The van der Waals surface area contributed by atoms with E-state index in [4.69, 9.17) is 18.6 Å². The van der Waals surface area contributed by atoms with Gasteiger partial charge in [-0.15, -0.1) is 0 Å². The Kier molecular flexibility index (Phi) is 8.99. The highest BCUT2D eigenvalue weighted by Gasteiger charge is 2.16. The van der Waals surface area contributed by atoms with Crippen LogP contribution in [0, 0.1) is 0 Å². The minimum absolute atomic E-state index is 0.554. The average molecular weight is 439 g/mol. The van der Waals surface area contributed by atoms with Crippen molar-refractivity contribution in [1.29, 1.82) is 0 Å². The number of hydrogen-bond acceptors (Lipinski definition) is 6. The monoisotopic (exact) mass is 438 g/mol. The van der Waals surface area contributed by atoms with Gasteiger partial charge in [0.05, 0.1) is 19.4 Å². The zero-order valence-electron chi connectivity index (χ0n) is 19.6. The van der Waals surface area contributed by atoms with Gasteiger partial charge in [0.1, 0.15) is 17.0 Å². The highest BCUT2D eigenvalue weighted by molar-refractivity contribution is 5.78. The van der Waals surface area contributed by atoms with Crippen LogP contribution in [-0.4, -0.2) is 45.5 Å². The third kappa shape index (κ3) is 6.04. The van der Waals surface area contributed by atoms with Gasteiger partial charge >= 0.3 is 0 Å². The minimum atomic E-state index is 0.554. The van der Waals surface area contributed by atoms with E-state index >= 15 is 0 Å². The Labute approximate surface area is 190 Å². The third-order valence-electron chi connectivity index (χ3n) is 5.11. The second-order valence-corrected chi connectivity index (χ2v) is 7.60. The van der Waals surface area contributed by atoms with Crippen molar-refractivity contribution in [1.82, 2.24) is 4.98 Å². The van der Waals surface area contributed by atoms with Crippen LogP contribution >= 0.6 is 0 Å². The lowest BCUT2D eigenvalue weighted by molar-refractivity contribution is 0.172. The van der Waals surface area contributed by atoms with Gasteiger partial charge in [-0.1, -0.05) is 26.0 Å². The number of ether oxygens (including phenoxy) is 3. The van der Waals surface area contributed by atoms with E-state index in [-0.39, 0.29) is 0 Å². The number of oxazole rings is 1. The van der Waals surface area contributed by atoms with E-state index in [0.29, 0.717) is 19.1 Å². The zero-order valence-corrected chi connectivity index (χ0v) is 19.6. The number of nitrogens with zero attached hydrogens (tertiary/aromatic N) is 2. The number of methoxy groups -OCH3 is 2. The normalized spacial score (nSPS) is 11.4. The molecule has 0 spiro atoms. The summed E-state index contributed by atoms with van der Waals surface area (Å²) in [6.07, 6.45) is 6.78. The Bertz CT molecular complexity index is 973. The van der Waals surface area contributed by atoms with Crippen molar-refractivity contribution in [2.75, 3.05) is 45.4 Å². The molecule has 0 aliphatic rings. The molecular weight excluding hydrogens is 404 g/mol. The van der Waals surface area contributed by atoms with Crippen LogP contribution in [0.3, 0.4) is 0 Å². The zero-order chi connectivity index (χ0) is 22.8. The fourth-order valence-electron chi connectivity index (χ4n) is 3.63. The van der Waals surface area contributed by atoms with E-state index in [1.54, 1.807) is 14.2 Å². The number of anilines is 1. The van der Waals surface area contributed by atoms with Crippen molar-refractivity contribution >= 4 is 28.9 Å². The van der Waals surface area contributed by atoms with Crippen LogP contribution < -0.4 is 14.4 Å². The maximum absolute atomic E-state index is 6.17. The van der Waals surface area contributed by atoms with E-state index in [2.05, 4.69) is 29.8 Å². The molecule has 32 heavy (non-hydrogen) atoms. The SMILES string of the molecule is CCCN(CCC)c1cc(OCCCOC)c(C=Cc2nc3ccccc3o2)cc1OC. The summed E-state index contributed by atoms with van der Waals surface area (Å²) in [5, 5.41) is 0. The van der Waals surface area contributed by atoms with Crippen LogP contribution in [0.2, 0.25) is 0 Å². The molecule has 0 atom stereocenters. The van der Waals surface area contributed by atoms with Crippen molar-refractivity contribution in [3.05, 3.63) is 47.9 Å². The van der Waals surface area contributed by atoms with Gasteiger partial charge in [0.25, 0.3) is 0 Å². The molecule has 0 radical (unpaired) electrons. The van der Waals surface area contributed by atoms with Gasteiger partial charge in [-0.3, -0.25) is 0 Å². The van der Waals surface area contributed by atoms with Gasteiger partial charge < -0.3 is 23.5 Å². The molecule has 0 fully saturated rings. The second-order valence-electron chi connectivity index (χ2n) is 7.60. The van der Waals surface area contributed by atoms with Gasteiger partial charge in [0.2, 0.25) is 5.89 Å². The predicted molar refractivity (Wildman–Crippen MR) is 131 cm³/mol. The molecule has 6 nitrogen and oxygen atoms in total. The lowest BCUT2D eigenvalue weighted by Gasteiger charge is -2.27. The van der Waals surface area contributed by atoms with Gasteiger partial charge in [0.15, 0.2) is 5.58 Å². The first-order valence-electron chi connectivity index (χ1n) is 11.3. The maximum atomic E-state index is 6.17. The van der Waals surface area contributed by atoms with Crippen LogP contribution in [-0.2, 0) is 4.74 Å². The fraction of sp³-hybridized carbons (Fsp3) is 0.423. The molecule has 0 N–H and O–H groups in total. The summed E-state index contributed by atoms with van der Waals surface area (Å²) in [5.41, 5.74) is 3.58. The minimum Gasteiger partial charge on any atom is -0.495 e. The second kappa shape index (κ2) is 12.2. The van der Waals surface area contributed by atoms with Crippen molar-refractivity contribution in [3.63, 3.8) is 0 Å². The number of para-hydroxylation sites is 2. The lowest BCUT2D eigenvalue weighted by Crippen LogP contribution is -2.25. The lowest BCUT2D eigenvalue weighted by atomic mass is 10.1. The highest BCUT2D eigenvalue weighted by Crippen LogP contribution is 2.37. The summed E-state index contributed by atoms with van der Waals surface area (Å²) in [5.74, 6) is 2.19. The quantitative estimate of drug-likeness (QED) is 0.303. The molecule has 0 amide bonds. The topological polar surface area (TPSA) is 57.0 Å². The standard InChI is InChI=1S/C26H34N2O4/c1-5-14-28(15-6-2)22-19-24(31-17-9-16-29-3)20(18-25(22)30-4)12-13-26-27-21-10-7-8-11-23(21)32-26/h7-8,10-13,18-19H,5-6,9,14-17H2,1-4H3. The molecule has 6 heteroatoms. The average Bonchev–Trinajstić information content (AvgIpc) is 3.23. The Morgan fingerprint density at radius 2 is 1.75 bits per heavy atom. The molecule has 3 rings (SSSR count). The number of aromatic nitrogens is 1. The van der Waals surface area contributed by atoms with Crippen LogP contribution in [0.1, 0.15) is 44.6 Å². The van der Waals surface area contributed by atoms with E-state index in [1.807, 2.05) is 42.5 Å². The number of hydrogen-bond donors (Lipinski definition) is 0. The van der Waals surface area contributed by atoms with Gasteiger partial charge in [-0.25, -0.2) is 4.98 Å². The molecule has 172 valence electrons. The van der Waals surface area contributed by atoms with Gasteiger partial charge in [0, 0.05) is 50.9 Å². The predicted octanol–water partition coefficient (Wildman–Crippen LogP) is 6.05. The molecule has 1 heterocycles. The summed E-state index contributed by atoms with van der Waals surface area (Å²) in [6, 6.07) is 11.9. The van der Waals surface area contributed by atoms with Crippen molar-refractivity contribution in [2.24, 2.45) is 0 Å². The number of benzene rings is 2. The summed E-state index contributed by atoms with van der Waals surface area (Å²) < 4.78 is 22.9. The van der Waals surface area contributed by atoms with Crippen molar-refractivity contribution in [2.45, 2.75) is 33.1 Å². The first kappa shape index (κ1) is 23.7. The van der Waals surface area contributed by atoms with E-state index in [0.717, 1.165) is 66.2 Å². The summed E-state index contributed by atoms with van der Waals surface area (Å²) >= 11 is 0. The molecule has 0 aliphatic carbocycles. The van der Waals surface area contributed by atoms with Crippen LogP contribution in [0.15, 0.2) is 40.8 Å². The third-order valence-corrected chi connectivity index (χ3v) is 5.11. The first-order valence-corrected chi connectivity index (χ1v) is 11.3. The number of fused-ring (bicyclic) bond motifs is 1. The van der Waals surface area contributed by atoms with Gasteiger partial charge in [-0.2, -0.15) is 0 Å². The van der Waals surface area contributed by atoms with E-state index in [1.165, 1.54) is 0 Å². The van der Waals surface area contributed by atoms with E-state index in [9.17, 15) is 0 Å². The molecule has 2 aromatic carbocycles. The molecule has 0 unspecified atom stereocenters. The molecule has 3 aromatic rings. The smallest absolute Gasteiger partial charge is 0.220 e. The van der Waals surface area contributed by atoms with Crippen molar-refractivity contribution in [3.8, 4) is 11.5 Å². The largest absolute Gasteiger partial charge is 0.495 e. The Morgan fingerprint density at radius 1 is 0.969 bits per heavy atom. The van der Waals surface area contributed by atoms with Crippen LogP contribution in [0.4, 0.5) is 5.69 Å². The maximum Gasteiger partial charge on any atom is 0.220 e. The molecule has 1 aromatic heterocycles. The molecule has 0 aliphatic heterocycles. The molecule has 0 saturated carbocycles. The van der Waals surface area contributed by atoms with E-state index < -0.39 is 0 Å². The summed E-state index contributed by atoms with van der Waals surface area (Å²) in [4.78, 5) is 6.89. The van der Waals surface area contributed by atoms with Crippen LogP contribution in [0.25, 0.3) is 23.3 Å². The van der Waals surface area contributed by atoms with Crippen molar-refractivity contribution < 1.29 is 18.6 Å². The Hall–Kier alpha value is -2.99.